The Morgan fingerprint density at radius 1 is 0.952 bits per heavy atom. The third-order valence-electron chi connectivity index (χ3n) is 3.87. The maximum Gasteiger partial charge on any atom is 1.00 e. The largest absolute Gasteiger partial charge is 1.00 e. The zero-order valence-corrected chi connectivity index (χ0v) is 19.0. The third kappa shape index (κ3) is 3.97. The minimum absolute atomic E-state index is 0. The van der Waals surface area contributed by atoms with Crippen LogP contribution in [-0.2, 0) is 0 Å². The van der Waals surface area contributed by atoms with Crippen LogP contribution < -0.4 is 59.1 Å². The normalized spacial score (nSPS) is 13.5. The Balaban J connectivity index is 0. The van der Waals surface area contributed by atoms with Gasteiger partial charge in [0.25, 0.3) is 0 Å². The van der Waals surface area contributed by atoms with Crippen LogP contribution in [0.2, 0.25) is 0 Å². The first-order chi connectivity index (χ1) is 9.13. The van der Waals surface area contributed by atoms with Gasteiger partial charge in [-0.1, -0.05) is 62.0 Å². The van der Waals surface area contributed by atoms with Gasteiger partial charge in [-0.2, -0.15) is 12.6 Å². The topological polar surface area (TPSA) is 0 Å². The molecule has 2 aromatic rings. The van der Waals surface area contributed by atoms with Crippen molar-refractivity contribution in [1.82, 2.24) is 0 Å². The second kappa shape index (κ2) is 8.30. The number of benzene rings is 2. The minimum Gasteiger partial charge on any atom is -1.00 e. The molecule has 1 aliphatic rings. The Kier molecular flexibility index (Phi) is 7.98. The maximum atomic E-state index is 4.59. The van der Waals surface area contributed by atoms with Crippen LogP contribution in [0.4, 0.5) is 0 Å². The summed E-state index contributed by atoms with van der Waals surface area (Å²) in [7, 11) is 0. The molecule has 0 N–H and O–H groups in total. The maximum absolute atomic E-state index is 4.59. The fourth-order valence-corrected chi connectivity index (χ4v) is 4.16. The number of fused-ring (bicyclic) bond motifs is 2. The predicted molar refractivity (Wildman–Crippen MR) is 88.7 cm³/mol. The van der Waals surface area contributed by atoms with Crippen molar-refractivity contribution in [3.05, 3.63) is 59.7 Å². The first-order valence-corrected chi connectivity index (χ1v) is 8.05. The molecule has 0 atom stereocenters. The van der Waals surface area contributed by atoms with E-state index in [4.69, 9.17) is 0 Å². The average Bonchev–Trinajstić information content (AvgIpc) is 2.44. The summed E-state index contributed by atoms with van der Waals surface area (Å²) in [4.78, 5) is 2.78. The molecule has 0 aliphatic carbocycles. The average molecular weight is 334 g/mol. The molecule has 0 radical (unpaired) electrons. The number of thiol groups is 1. The Morgan fingerprint density at radius 2 is 1.38 bits per heavy atom. The minimum atomic E-state index is 0. The molecule has 0 fully saturated rings. The summed E-state index contributed by atoms with van der Waals surface area (Å²) in [6.45, 7) is 4.63. The van der Waals surface area contributed by atoms with Gasteiger partial charge < -0.3 is 2.85 Å². The van der Waals surface area contributed by atoms with E-state index in [1.165, 1.54) is 20.9 Å². The van der Waals surface area contributed by atoms with Crippen molar-refractivity contribution in [2.24, 2.45) is 5.41 Å². The molecule has 21 heavy (non-hydrogen) atoms. The van der Waals surface area contributed by atoms with Gasteiger partial charge in [-0.25, -0.2) is 0 Å². The monoisotopic (exact) mass is 334 g/mol. The second-order valence-corrected chi connectivity index (χ2v) is 7.16. The first-order valence-electron chi connectivity index (χ1n) is 6.60. The standard InChI is InChI=1S/C17H18S2.2Na.2H/c1-17(2,11-18)16-12-7-3-5-9-14(12)19-15-10-6-4-8-13(15)16;;;;/h3-10,16,18H,11H2,1-2H3;;;;/q;2*+1;2*-1. The van der Waals surface area contributed by atoms with E-state index in [0.29, 0.717) is 5.92 Å². The molecule has 0 bridgehead atoms. The Morgan fingerprint density at radius 3 is 1.81 bits per heavy atom. The van der Waals surface area contributed by atoms with Crippen molar-refractivity contribution in [1.29, 1.82) is 0 Å². The summed E-state index contributed by atoms with van der Waals surface area (Å²) in [6.07, 6.45) is 0. The van der Waals surface area contributed by atoms with E-state index in [1.807, 2.05) is 11.8 Å². The van der Waals surface area contributed by atoms with Crippen LogP contribution in [0.25, 0.3) is 0 Å². The zero-order chi connectivity index (χ0) is 13.5. The number of hydrogen-bond acceptors (Lipinski definition) is 2. The fraction of sp³-hybridized carbons (Fsp3) is 0.294. The van der Waals surface area contributed by atoms with Crippen molar-refractivity contribution in [3.63, 3.8) is 0 Å². The van der Waals surface area contributed by atoms with Crippen molar-refractivity contribution in [3.8, 4) is 0 Å². The van der Waals surface area contributed by atoms with Crippen LogP contribution in [0.15, 0.2) is 58.3 Å². The second-order valence-electron chi connectivity index (χ2n) is 5.76. The Bertz CT molecular complexity index is 576. The molecule has 0 aromatic heterocycles. The van der Waals surface area contributed by atoms with Gasteiger partial charge in [0.05, 0.1) is 0 Å². The van der Waals surface area contributed by atoms with E-state index >= 15 is 0 Å². The molecule has 3 rings (SSSR count). The van der Waals surface area contributed by atoms with Crippen molar-refractivity contribution >= 4 is 24.4 Å². The molecule has 0 saturated carbocycles. The van der Waals surface area contributed by atoms with E-state index in [2.05, 4.69) is 75.0 Å². The van der Waals surface area contributed by atoms with E-state index < -0.39 is 0 Å². The molecular formula is C17H20Na2S2. The van der Waals surface area contributed by atoms with E-state index in [0.717, 1.165) is 5.75 Å². The van der Waals surface area contributed by atoms with Crippen LogP contribution in [0.3, 0.4) is 0 Å². The van der Waals surface area contributed by atoms with Gasteiger partial charge in [0.1, 0.15) is 0 Å². The molecule has 4 heteroatoms. The quantitative estimate of drug-likeness (QED) is 0.569. The Hall–Kier alpha value is 1.14. The van der Waals surface area contributed by atoms with Gasteiger partial charge in [-0.3, -0.25) is 0 Å². The summed E-state index contributed by atoms with van der Waals surface area (Å²) in [5.41, 5.74) is 3.05. The van der Waals surface area contributed by atoms with Crippen LogP contribution in [0.5, 0.6) is 0 Å². The molecule has 0 amide bonds. The molecular weight excluding hydrogens is 314 g/mol. The molecule has 0 saturated heterocycles. The molecule has 1 heterocycles. The Labute approximate surface area is 184 Å². The van der Waals surface area contributed by atoms with Crippen molar-refractivity contribution in [2.75, 3.05) is 5.75 Å². The van der Waals surface area contributed by atoms with Crippen LogP contribution in [0, 0.1) is 5.41 Å². The van der Waals surface area contributed by atoms with Gasteiger partial charge in [0.2, 0.25) is 0 Å². The summed E-state index contributed by atoms with van der Waals surface area (Å²) < 4.78 is 0. The van der Waals surface area contributed by atoms with E-state index in [9.17, 15) is 0 Å². The van der Waals surface area contributed by atoms with Crippen LogP contribution in [0.1, 0.15) is 33.7 Å². The number of rotatable bonds is 2. The van der Waals surface area contributed by atoms with E-state index in [-0.39, 0.29) is 67.4 Å². The molecule has 1 aliphatic heterocycles. The molecule has 0 unspecified atom stereocenters. The van der Waals surface area contributed by atoms with Gasteiger partial charge >= 0.3 is 59.1 Å². The van der Waals surface area contributed by atoms with E-state index in [1.54, 1.807) is 0 Å². The van der Waals surface area contributed by atoms with Gasteiger partial charge in [-0.15, -0.1) is 0 Å². The number of hydrogen-bond donors (Lipinski definition) is 1. The van der Waals surface area contributed by atoms with Crippen LogP contribution >= 0.6 is 24.4 Å². The third-order valence-corrected chi connectivity index (χ3v) is 5.87. The summed E-state index contributed by atoms with van der Waals surface area (Å²) in [6, 6.07) is 17.6. The van der Waals surface area contributed by atoms with Gasteiger partial charge in [0, 0.05) is 15.7 Å². The SMILES string of the molecule is CC(C)(CS)C1c2ccccc2Sc2ccccc21.[H-].[H-].[Na+].[Na+]. The zero-order valence-electron chi connectivity index (χ0n) is 15.3. The fourth-order valence-electron chi connectivity index (χ4n) is 2.84. The van der Waals surface area contributed by atoms with Crippen LogP contribution in [-0.4, -0.2) is 5.75 Å². The smallest absolute Gasteiger partial charge is 1.00 e. The first kappa shape index (κ1) is 20.2. The molecule has 0 nitrogen and oxygen atoms in total. The predicted octanol–water partition coefficient (Wildman–Crippen LogP) is -0.528. The summed E-state index contributed by atoms with van der Waals surface area (Å²) in [5, 5.41) is 0. The summed E-state index contributed by atoms with van der Waals surface area (Å²) >= 11 is 6.48. The molecule has 2 aromatic carbocycles. The van der Waals surface area contributed by atoms with Crippen molar-refractivity contribution < 1.29 is 62.0 Å². The summed E-state index contributed by atoms with van der Waals surface area (Å²) in [5.74, 6) is 1.31. The van der Waals surface area contributed by atoms with Gasteiger partial charge in [0.15, 0.2) is 0 Å². The van der Waals surface area contributed by atoms with Crippen molar-refractivity contribution in [2.45, 2.75) is 29.6 Å². The van der Waals surface area contributed by atoms with Gasteiger partial charge in [-0.05, 0) is 34.4 Å². The molecule has 102 valence electrons. The molecule has 0 spiro atoms.